The van der Waals surface area contributed by atoms with Crippen LogP contribution in [0.2, 0.25) is 0 Å². The Morgan fingerprint density at radius 3 is 2.73 bits per heavy atom. The lowest BCUT2D eigenvalue weighted by atomic mass is 9.92. The van der Waals surface area contributed by atoms with Crippen LogP contribution in [0.25, 0.3) is 11.0 Å². The first kappa shape index (κ1) is 30.2. The van der Waals surface area contributed by atoms with Crippen LogP contribution in [0.15, 0.2) is 18.6 Å². The number of hydrogen-bond donors (Lipinski definition) is 2. The smallest absolute Gasteiger partial charge is 0.326 e. The number of rotatable bonds is 9. The van der Waals surface area contributed by atoms with E-state index in [1.807, 2.05) is 19.2 Å². The lowest BCUT2D eigenvalue weighted by molar-refractivity contribution is -0.141. The molecule has 3 N–H and O–H groups in total. The second-order valence-electron chi connectivity index (χ2n) is 9.27. The molecule has 0 radical (unpaired) electrons. The predicted molar refractivity (Wildman–Crippen MR) is 148 cm³/mol. The number of unbranched alkanes of at least 4 members (excludes halogenated alkanes) is 1. The van der Waals surface area contributed by atoms with Gasteiger partial charge in [0.1, 0.15) is 24.6 Å². The predicted octanol–water partition coefficient (Wildman–Crippen LogP) is 2.09. The van der Waals surface area contributed by atoms with E-state index in [1.54, 1.807) is 27.6 Å². The van der Waals surface area contributed by atoms with E-state index < -0.39 is 12.0 Å². The molecule has 11 nitrogen and oxygen atoms in total. The molecule has 3 rings (SSSR count). The van der Waals surface area contributed by atoms with Gasteiger partial charge in [-0.25, -0.2) is 14.8 Å². The topological polar surface area (TPSA) is 145 Å². The summed E-state index contributed by atoms with van der Waals surface area (Å²) in [6, 6.07) is 3.05. The number of fused-ring (bicyclic) bond motifs is 1. The van der Waals surface area contributed by atoms with Gasteiger partial charge in [-0.3, -0.25) is 9.36 Å². The Labute approximate surface area is 228 Å². The average Bonchev–Trinajstić information content (AvgIpc) is 3.30. The normalized spacial score (nSPS) is 18.0. The van der Waals surface area contributed by atoms with Crippen molar-refractivity contribution in [3.63, 3.8) is 0 Å². The van der Waals surface area contributed by atoms with Crippen LogP contribution in [-0.4, -0.2) is 92.2 Å². The minimum absolute atomic E-state index is 0. The summed E-state index contributed by atoms with van der Waals surface area (Å²) in [6.45, 7) is 3.81. The van der Waals surface area contributed by atoms with E-state index in [-0.39, 0.29) is 30.8 Å². The summed E-state index contributed by atoms with van der Waals surface area (Å²) in [4.78, 5) is 38.6. The first-order chi connectivity index (χ1) is 17.2. The zero-order valence-corrected chi connectivity index (χ0v) is 23.0. The number of halogens is 1. The van der Waals surface area contributed by atoms with Crippen molar-refractivity contribution in [2.45, 2.75) is 51.1 Å². The highest BCUT2D eigenvalue weighted by Crippen LogP contribution is 2.30. The molecule has 0 saturated carbocycles. The zero-order chi connectivity index (χ0) is 26.4. The van der Waals surface area contributed by atoms with Gasteiger partial charge in [-0.2, -0.15) is 5.26 Å². The van der Waals surface area contributed by atoms with Crippen molar-refractivity contribution in [3.05, 3.63) is 18.6 Å². The number of thiocarbonyl (C=S) groups is 1. The van der Waals surface area contributed by atoms with Gasteiger partial charge in [0.05, 0.1) is 17.5 Å². The first-order valence-electron chi connectivity index (χ1n) is 12.1. The molecule has 2 aromatic heterocycles. The largest absolute Gasteiger partial charge is 0.480 e. The third-order valence-corrected chi connectivity index (χ3v) is 7.47. The van der Waals surface area contributed by atoms with Crippen molar-refractivity contribution in [1.82, 2.24) is 24.3 Å². The van der Waals surface area contributed by atoms with Gasteiger partial charge in [-0.15, -0.1) is 12.4 Å². The van der Waals surface area contributed by atoms with Gasteiger partial charge in [0.2, 0.25) is 5.91 Å². The summed E-state index contributed by atoms with van der Waals surface area (Å²) < 4.78 is 1.70. The Balaban J connectivity index is 0.00000481. The molecule has 1 amide bonds. The molecule has 0 aliphatic carbocycles. The zero-order valence-electron chi connectivity index (χ0n) is 21.4. The molecule has 2 aromatic rings. The number of carbonyl (C=O) groups excluding carboxylic acids is 1. The minimum Gasteiger partial charge on any atom is -0.480 e. The number of carbonyl (C=O) groups is 2. The second-order valence-corrected chi connectivity index (χ2v) is 9.64. The summed E-state index contributed by atoms with van der Waals surface area (Å²) in [5.74, 6) is -0.0848. The highest BCUT2D eigenvalue weighted by Gasteiger charge is 2.33. The van der Waals surface area contributed by atoms with Crippen molar-refractivity contribution in [2.24, 2.45) is 11.7 Å². The van der Waals surface area contributed by atoms with Crippen LogP contribution < -0.4 is 10.6 Å². The van der Waals surface area contributed by atoms with Gasteiger partial charge >= 0.3 is 5.97 Å². The number of hydrogen-bond acceptors (Lipinski definition) is 8. The molecule has 1 aliphatic heterocycles. The number of carboxylic acid groups (broad SMARTS) is 1. The highest BCUT2D eigenvalue weighted by molar-refractivity contribution is 7.80. The molecule has 3 heterocycles. The maximum Gasteiger partial charge on any atom is 0.326 e. The van der Waals surface area contributed by atoms with Crippen LogP contribution in [0.5, 0.6) is 0 Å². The van der Waals surface area contributed by atoms with Gasteiger partial charge in [-0.1, -0.05) is 6.92 Å². The van der Waals surface area contributed by atoms with E-state index in [2.05, 4.69) is 21.8 Å². The summed E-state index contributed by atoms with van der Waals surface area (Å²) in [5.41, 5.74) is 6.14. The molecular weight excluding hydrogens is 516 g/mol. The Hall–Kier alpha value is -3.01. The number of amides is 1. The Kier molecular flexibility index (Phi) is 11.0. The Bertz CT molecular complexity index is 1150. The lowest BCUT2D eigenvalue weighted by Crippen LogP contribution is -2.52. The third kappa shape index (κ3) is 6.66. The van der Waals surface area contributed by atoms with E-state index in [0.29, 0.717) is 55.0 Å². The molecule has 1 saturated heterocycles. The number of piperidine rings is 1. The van der Waals surface area contributed by atoms with E-state index in [0.717, 1.165) is 18.2 Å². The fraction of sp³-hybridized carbons (Fsp3) is 0.583. The average molecular weight is 551 g/mol. The number of nitriles is 1. The molecule has 0 bridgehead atoms. The lowest BCUT2D eigenvalue weighted by Gasteiger charge is -2.42. The Morgan fingerprint density at radius 2 is 2.08 bits per heavy atom. The summed E-state index contributed by atoms with van der Waals surface area (Å²) in [6.07, 6.45) is 5.83. The van der Waals surface area contributed by atoms with Gasteiger partial charge in [-0.05, 0) is 56.4 Å². The maximum absolute atomic E-state index is 12.3. The van der Waals surface area contributed by atoms with Crippen LogP contribution in [0.4, 0.5) is 5.82 Å². The molecule has 1 aliphatic rings. The van der Waals surface area contributed by atoms with E-state index in [1.165, 1.54) is 6.33 Å². The second kappa shape index (κ2) is 13.5. The van der Waals surface area contributed by atoms with Crippen molar-refractivity contribution in [3.8, 4) is 6.07 Å². The van der Waals surface area contributed by atoms with E-state index >= 15 is 0 Å². The molecule has 202 valence electrons. The standard InChI is InChI=1S/C24H34N8O3S.ClH/c1-16-8-12-31(20(33)7-11-26)14-19(16)29(2)21-17-9-13-32(22(17)28-15-27-21)24(36)30(3)18(23(34)35)6-4-5-10-25;/h9,13,15-16,18-19H,4-8,10,12,14,25H2,1-3H3,(H,34,35);1H/t16-,18?,19+;/m1./s1. The molecule has 37 heavy (non-hydrogen) atoms. The maximum atomic E-state index is 12.3. The fourth-order valence-corrected chi connectivity index (χ4v) is 5.03. The summed E-state index contributed by atoms with van der Waals surface area (Å²) in [7, 11) is 3.63. The van der Waals surface area contributed by atoms with Crippen LogP contribution in [0, 0.1) is 17.2 Å². The number of likely N-dealkylation sites (N-methyl/N-ethyl adjacent to an activating group) is 2. The molecule has 1 fully saturated rings. The summed E-state index contributed by atoms with van der Waals surface area (Å²) in [5, 5.41) is 19.8. The number of nitrogens with zero attached hydrogens (tertiary/aromatic N) is 7. The molecule has 0 spiro atoms. The number of likely N-dealkylation sites (tertiary alicyclic amines) is 1. The molecule has 0 aromatic carbocycles. The van der Waals surface area contributed by atoms with E-state index in [4.69, 9.17) is 23.2 Å². The van der Waals surface area contributed by atoms with Crippen LogP contribution in [0.3, 0.4) is 0 Å². The van der Waals surface area contributed by atoms with Crippen LogP contribution >= 0.6 is 24.6 Å². The Morgan fingerprint density at radius 1 is 1.35 bits per heavy atom. The van der Waals surface area contributed by atoms with Crippen molar-refractivity contribution in [2.75, 3.05) is 38.6 Å². The van der Waals surface area contributed by atoms with E-state index in [9.17, 15) is 14.7 Å². The minimum atomic E-state index is -0.940. The SMILES string of the molecule is C[C@@H]1CCN(C(=O)CC#N)C[C@@H]1N(C)c1ncnc2c1ccn2C(=S)N(C)C(CCCCN)C(=O)O.Cl. The first-order valence-corrected chi connectivity index (χ1v) is 12.5. The van der Waals surface area contributed by atoms with Crippen LogP contribution in [-0.2, 0) is 9.59 Å². The molecule has 1 unspecified atom stereocenters. The van der Waals surface area contributed by atoms with Gasteiger partial charge in [0.15, 0.2) is 10.8 Å². The number of aliphatic carboxylic acids is 1. The highest BCUT2D eigenvalue weighted by atomic mass is 35.5. The fourth-order valence-electron chi connectivity index (χ4n) is 4.76. The van der Waals surface area contributed by atoms with Gasteiger partial charge in [0.25, 0.3) is 0 Å². The summed E-state index contributed by atoms with van der Waals surface area (Å²) >= 11 is 5.68. The number of anilines is 1. The number of aromatic nitrogens is 3. The van der Waals surface area contributed by atoms with Crippen molar-refractivity contribution < 1.29 is 14.7 Å². The monoisotopic (exact) mass is 550 g/mol. The van der Waals surface area contributed by atoms with Gasteiger partial charge in [0, 0.05) is 33.4 Å². The van der Waals surface area contributed by atoms with Crippen LogP contribution in [0.1, 0.15) is 39.0 Å². The molecule has 13 heteroatoms. The number of carboxylic acids is 1. The molecule has 3 atom stereocenters. The molecular formula is C24H35ClN8O3S. The number of nitrogens with two attached hydrogens (primary N) is 1. The van der Waals surface area contributed by atoms with Gasteiger partial charge < -0.3 is 25.5 Å². The third-order valence-electron chi connectivity index (χ3n) is 6.99. The van der Waals surface area contributed by atoms with Crippen molar-refractivity contribution in [1.29, 1.82) is 5.26 Å². The quantitative estimate of drug-likeness (QED) is 0.351. The van der Waals surface area contributed by atoms with Crippen molar-refractivity contribution >= 4 is 58.5 Å².